The van der Waals surface area contributed by atoms with E-state index < -0.39 is 9.84 Å². The van der Waals surface area contributed by atoms with E-state index in [4.69, 9.17) is 10.5 Å². The highest BCUT2D eigenvalue weighted by Crippen LogP contribution is 2.33. The van der Waals surface area contributed by atoms with E-state index in [1.807, 2.05) is 18.2 Å². The van der Waals surface area contributed by atoms with Gasteiger partial charge in [0.05, 0.1) is 29.1 Å². The average Bonchev–Trinajstić information content (AvgIpc) is 2.40. The minimum absolute atomic E-state index is 0.187. The summed E-state index contributed by atoms with van der Waals surface area (Å²) in [5.41, 5.74) is 7.60. The molecule has 3 N–H and O–H groups in total. The molecule has 2 aromatic rings. The second-order valence-electron chi connectivity index (χ2n) is 4.49. The zero-order valence-corrected chi connectivity index (χ0v) is 14.0. The molecule has 0 bridgehead atoms. The van der Waals surface area contributed by atoms with Crippen molar-refractivity contribution in [1.82, 2.24) is 0 Å². The number of nitrogens with one attached hydrogen (secondary N) is 1. The van der Waals surface area contributed by atoms with E-state index in [2.05, 4.69) is 21.2 Å². The molecule has 112 valence electrons. The molecule has 0 spiro atoms. The highest BCUT2D eigenvalue weighted by atomic mass is 79.9. The molecule has 0 aliphatic carbocycles. The van der Waals surface area contributed by atoms with Gasteiger partial charge < -0.3 is 15.8 Å². The minimum atomic E-state index is -3.27. The van der Waals surface area contributed by atoms with Crippen LogP contribution in [-0.4, -0.2) is 21.8 Å². The van der Waals surface area contributed by atoms with Crippen LogP contribution in [0.15, 0.2) is 45.8 Å². The highest BCUT2D eigenvalue weighted by molar-refractivity contribution is 9.10. The molecule has 2 rings (SSSR count). The van der Waals surface area contributed by atoms with E-state index in [0.29, 0.717) is 17.1 Å². The van der Waals surface area contributed by atoms with Crippen molar-refractivity contribution in [2.75, 3.05) is 24.4 Å². The zero-order chi connectivity index (χ0) is 15.6. The zero-order valence-electron chi connectivity index (χ0n) is 11.6. The van der Waals surface area contributed by atoms with Gasteiger partial charge in [0.15, 0.2) is 9.84 Å². The third kappa shape index (κ3) is 3.68. The summed E-state index contributed by atoms with van der Waals surface area (Å²) >= 11 is 3.39. The van der Waals surface area contributed by atoms with Crippen LogP contribution < -0.4 is 15.8 Å². The van der Waals surface area contributed by atoms with Crippen molar-refractivity contribution in [2.24, 2.45) is 0 Å². The lowest BCUT2D eigenvalue weighted by Crippen LogP contribution is -2.02. The number of nitrogen functional groups attached to an aromatic ring is 1. The molecule has 0 saturated carbocycles. The number of anilines is 3. The van der Waals surface area contributed by atoms with Crippen molar-refractivity contribution in [3.05, 3.63) is 40.9 Å². The first-order valence-electron chi connectivity index (χ1n) is 6.01. The predicted molar refractivity (Wildman–Crippen MR) is 87.9 cm³/mol. The van der Waals surface area contributed by atoms with Crippen molar-refractivity contribution in [1.29, 1.82) is 0 Å². The average molecular weight is 371 g/mol. The smallest absolute Gasteiger partial charge is 0.175 e. The Morgan fingerprint density at radius 1 is 1.14 bits per heavy atom. The van der Waals surface area contributed by atoms with E-state index in [1.165, 1.54) is 12.1 Å². The van der Waals surface area contributed by atoms with Gasteiger partial charge in [0.2, 0.25) is 0 Å². The molecule has 2 aromatic carbocycles. The van der Waals surface area contributed by atoms with E-state index in [1.54, 1.807) is 13.2 Å². The van der Waals surface area contributed by atoms with Gasteiger partial charge in [0, 0.05) is 10.7 Å². The third-order valence-electron chi connectivity index (χ3n) is 2.88. The Bertz CT molecular complexity index is 776. The number of hydrogen-bond acceptors (Lipinski definition) is 5. The summed E-state index contributed by atoms with van der Waals surface area (Å²) in [7, 11) is -1.70. The van der Waals surface area contributed by atoms with Crippen molar-refractivity contribution in [3.63, 3.8) is 0 Å². The van der Waals surface area contributed by atoms with Crippen molar-refractivity contribution >= 4 is 42.8 Å². The molecule has 0 aliphatic rings. The monoisotopic (exact) mass is 370 g/mol. The van der Waals surface area contributed by atoms with Gasteiger partial charge in [-0.3, -0.25) is 0 Å². The molecule has 0 amide bonds. The number of sulfone groups is 1. The summed E-state index contributed by atoms with van der Waals surface area (Å²) in [5, 5.41) is 3.14. The van der Waals surface area contributed by atoms with Crippen LogP contribution in [0.1, 0.15) is 0 Å². The second kappa shape index (κ2) is 5.95. The normalized spacial score (nSPS) is 11.2. The Labute approximate surface area is 132 Å². The number of benzene rings is 2. The van der Waals surface area contributed by atoms with Gasteiger partial charge in [-0.2, -0.15) is 0 Å². The van der Waals surface area contributed by atoms with Gasteiger partial charge >= 0.3 is 0 Å². The van der Waals surface area contributed by atoms with Crippen molar-refractivity contribution in [2.45, 2.75) is 4.90 Å². The van der Waals surface area contributed by atoms with Gasteiger partial charge in [0.25, 0.3) is 0 Å². The lowest BCUT2D eigenvalue weighted by Gasteiger charge is -2.14. The number of methoxy groups -OCH3 is 1. The number of rotatable bonds is 4. The standard InChI is InChI=1S/C14H15BrN2O3S/c1-20-14-6-3-9(15)7-13(14)17-12-5-4-10(8-11(12)16)21(2,18)19/h3-8,17H,16H2,1-2H3. The maximum atomic E-state index is 11.5. The maximum absolute atomic E-state index is 11.5. The number of ether oxygens (including phenoxy) is 1. The van der Waals surface area contributed by atoms with Crippen LogP contribution in [0.5, 0.6) is 5.75 Å². The fraction of sp³-hybridized carbons (Fsp3) is 0.143. The summed E-state index contributed by atoms with van der Waals surface area (Å²) in [6.45, 7) is 0. The van der Waals surface area contributed by atoms with Crippen LogP contribution in [-0.2, 0) is 9.84 Å². The van der Waals surface area contributed by atoms with Crippen LogP contribution in [0.2, 0.25) is 0 Å². The minimum Gasteiger partial charge on any atom is -0.495 e. The van der Waals surface area contributed by atoms with E-state index in [0.717, 1.165) is 16.4 Å². The molecule has 0 radical (unpaired) electrons. The first-order chi connectivity index (χ1) is 9.81. The second-order valence-corrected chi connectivity index (χ2v) is 7.42. The molecule has 21 heavy (non-hydrogen) atoms. The van der Waals surface area contributed by atoms with Gasteiger partial charge in [-0.05, 0) is 36.4 Å². The summed E-state index contributed by atoms with van der Waals surface area (Å²) in [5.74, 6) is 0.657. The Balaban J connectivity index is 2.39. The first-order valence-corrected chi connectivity index (χ1v) is 8.70. The lowest BCUT2D eigenvalue weighted by atomic mass is 10.2. The lowest BCUT2D eigenvalue weighted by molar-refractivity contribution is 0.417. The molecular weight excluding hydrogens is 356 g/mol. The van der Waals surface area contributed by atoms with Crippen LogP contribution in [0.3, 0.4) is 0 Å². The van der Waals surface area contributed by atoms with Crippen LogP contribution in [0, 0.1) is 0 Å². The Hall–Kier alpha value is -1.73. The fourth-order valence-corrected chi connectivity index (χ4v) is 2.83. The summed E-state index contributed by atoms with van der Waals surface area (Å²) in [6.07, 6.45) is 1.15. The van der Waals surface area contributed by atoms with Gasteiger partial charge in [0.1, 0.15) is 5.75 Å². The topological polar surface area (TPSA) is 81.4 Å². The van der Waals surface area contributed by atoms with Crippen LogP contribution >= 0.6 is 15.9 Å². The number of halogens is 1. The molecule has 0 heterocycles. The van der Waals surface area contributed by atoms with E-state index in [-0.39, 0.29) is 4.90 Å². The first kappa shape index (κ1) is 15.7. The maximum Gasteiger partial charge on any atom is 0.175 e. The number of nitrogens with two attached hydrogens (primary N) is 1. The summed E-state index contributed by atoms with van der Waals surface area (Å²) in [4.78, 5) is 0.187. The Morgan fingerprint density at radius 2 is 1.86 bits per heavy atom. The predicted octanol–water partition coefficient (Wildman–Crippen LogP) is 3.19. The molecule has 0 saturated heterocycles. The number of hydrogen-bond donors (Lipinski definition) is 2. The van der Waals surface area contributed by atoms with E-state index >= 15 is 0 Å². The summed E-state index contributed by atoms with van der Waals surface area (Å²) in [6, 6.07) is 10.1. The molecule has 5 nitrogen and oxygen atoms in total. The van der Waals surface area contributed by atoms with Crippen molar-refractivity contribution < 1.29 is 13.2 Å². The Kier molecular flexibility index (Phi) is 4.43. The molecule has 0 atom stereocenters. The highest BCUT2D eigenvalue weighted by Gasteiger charge is 2.11. The van der Waals surface area contributed by atoms with Gasteiger partial charge in [-0.15, -0.1) is 0 Å². The third-order valence-corrected chi connectivity index (χ3v) is 4.49. The van der Waals surface area contributed by atoms with Crippen LogP contribution in [0.4, 0.5) is 17.1 Å². The van der Waals surface area contributed by atoms with Gasteiger partial charge in [-0.1, -0.05) is 15.9 Å². The SMILES string of the molecule is COc1ccc(Br)cc1Nc1ccc(S(C)(=O)=O)cc1N. The molecule has 0 aromatic heterocycles. The molecular formula is C14H15BrN2O3S. The molecule has 0 fully saturated rings. The molecule has 0 aliphatic heterocycles. The fourth-order valence-electron chi connectivity index (χ4n) is 1.81. The Morgan fingerprint density at radius 3 is 2.43 bits per heavy atom. The van der Waals surface area contributed by atoms with Gasteiger partial charge in [-0.25, -0.2) is 8.42 Å². The van der Waals surface area contributed by atoms with Crippen molar-refractivity contribution in [3.8, 4) is 5.75 Å². The van der Waals surface area contributed by atoms with E-state index in [9.17, 15) is 8.42 Å². The van der Waals surface area contributed by atoms with Crippen LogP contribution in [0.25, 0.3) is 0 Å². The molecule has 0 unspecified atom stereocenters. The largest absolute Gasteiger partial charge is 0.495 e. The quantitative estimate of drug-likeness (QED) is 0.807. The summed E-state index contributed by atoms with van der Waals surface area (Å²) < 4.78 is 29.2. The molecule has 7 heteroatoms.